The molecule has 0 aromatic heterocycles. The molecule has 0 aliphatic heterocycles. The summed E-state index contributed by atoms with van der Waals surface area (Å²) in [6, 6.07) is 6.96. The Morgan fingerprint density at radius 2 is 2.00 bits per heavy atom. The number of hydrogen-bond donors (Lipinski definition) is 1. The molecule has 1 aromatic carbocycles. The van der Waals surface area contributed by atoms with Crippen LogP contribution in [0, 0.1) is 5.92 Å². The van der Waals surface area contributed by atoms with E-state index in [1.54, 1.807) is 0 Å². The summed E-state index contributed by atoms with van der Waals surface area (Å²) in [5.41, 5.74) is 2.92. The molecule has 1 N–H and O–H groups in total. The second-order valence-corrected chi connectivity index (χ2v) is 5.64. The zero-order valence-corrected chi connectivity index (χ0v) is 10.3. The summed E-state index contributed by atoms with van der Waals surface area (Å²) in [4.78, 5) is 0. The van der Waals surface area contributed by atoms with Gasteiger partial charge >= 0.3 is 0 Å². The second-order valence-electron chi connectivity index (χ2n) is 5.20. The zero-order chi connectivity index (χ0) is 11.0. The van der Waals surface area contributed by atoms with Gasteiger partial charge in [-0.05, 0) is 55.0 Å². The Morgan fingerprint density at radius 1 is 1.19 bits per heavy atom. The Bertz CT molecular complexity index is 384. The van der Waals surface area contributed by atoms with E-state index in [-0.39, 0.29) is 0 Å². The Kier molecular flexibility index (Phi) is 2.91. The molecule has 1 nitrogen and oxygen atoms in total. The molecule has 2 aliphatic rings. The molecule has 0 heterocycles. The maximum absolute atomic E-state index is 6.00. The van der Waals surface area contributed by atoms with E-state index in [0.717, 1.165) is 17.4 Å². The van der Waals surface area contributed by atoms with Gasteiger partial charge in [-0.25, -0.2) is 0 Å². The largest absolute Gasteiger partial charge is 0.313 e. The Morgan fingerprint density at radius 3 is 2.81 bits per heavy atom. The monoisotopic (exact) mass is 235 g/mol. The number of hydrogen-bond acceptors (Lipinski definition) is 1. The van der Waals surface area contributed by atoms with E-state index in [4.69, 9.17) is 11.6 Å². The van der Waals surface area contributed by atoms with Crippen molar-refractivity contribution in [2.45, 2.75) is 38.1 Å². The molecule has 0 bridgehead atoms. The Balaban J connectivity index is 1.53. The minimum atomic E-state index is 0.646. The standard InChI is InChI=1S/C14H18ClN/c15-13-4-3-11-8-14(9-12(11)7-13)16-6-5-10-1-2-10/h3-4,7,10,14,16H,1-2,5-6,8-9H2. The van der Waals surface area contributed by atoms with Crippen LogP contribution in [0.5, 0.6) is 0 Å². The lowest BCUT2D eigenvalue weighted by Gasteiger charge is -2.11. The lowest BCUT2D eigenvalue weighted by atomic mass is 10.1. The third kappa shape index (κ3) is 2.41. The van der Waals surface area contributed by atoms with Crippen LogP contribution in [0.15, 0.2) is 18.2 Å². The van der Waals surface area contributed by atoms with E-state index in [1.165, 1.54) is 43.4 Å². The fraction of sp³-hybridized carbons (Fsp3) is 0.571. The van der Waals surface area contributed by atoms with Gasteiger partial charge in [0, 0.05) is 11.1 Å². The fourth-order valence-electron chi connectivity index (χ4n) is 2.63. The third-order valence-corrected chi connectivity index (χ3v) is 4.02. The van der Waals surface area contributed by atoms with Crippen molar-refractivity contribution in [3.8, 4) is 0 Å². The molecule has 0 spiro atoms. The van der Waals surface area contributed by atoms with Crippen molar-refractivity contribution in [2.24, 2.45) is 5.92 Å². The highest BCUT2D eigenvalue weighted by molar-refractivity contribution is 6.30. The van der Waals surface area contributed by atoms with Gasteiger partial charge in [0.05, 0.1) is 0 Å². The molecule has 1 saturated carbocycles. The topological polar surface area (TPSA) is 12.0 Å². The van der Waals surface area contributed by atoms with Crippen molar-refractivity contribution in [1.29, 1.82) is 0 Å². The summed E-state index contributed by atoms with van der Waals surface area (Å²) in [6.07, 6.45) is 6.62. The first kappa shape index (κ1) is 10.6. The second kappa shape index (κ2) is 4.38. The van der Waals surface area contributed by atoms with Crippen LogP contribution >= 0.6 is 11.6 Å². The summed E-state index contributed by atoms with van der Waals surface area (Å²) in [5, 5.41) is 4.55. The van der Waals surface area contributed by atoms with Crippen molar-refractivity contribution in [2.75, 3.05) is 6.54 Å². The molecule has 1 unspecified atom stereocenters. The van der Waals surface area contributed by atoms with Crippen LogP contribution in [-0.2, 0) is 12.8 Å². The summed E-state index contributed by atoms with van der Waals surface area (Å²) < 4.78 is 0. The van der Waals surface area contributed by atoms with Crippen molar-refractivity contribution in [1.82, 2.24) is 5.32 Å². The molecule has 86 valence electrons. The minimum Gasteiger partial charge on any atom is -0.313 e. The number of halogens is 1. The summed E-state index contributed by atoms with van der Waals surface area (Å²) in [6.45, 7) is 1.19. The molecule has 1 aromatic rings. The Hall–Kier alpha value is -0.530. The first-order valence-corrected chi connectivity index (χ1v) is 6.70. The van der Waals surface area contributed by atoms with E-state index in [1.807, 2.05) is 6.07 Å². The number of fused-ring (bicyclic) bond motifs is 1. The van der Waals surface area contributed by atoms with Gasteiger partial charge in [-0.1, -0.05) is 30.5 Å². The summed E-state index contributed by atoms with van der Waals surface area (Å²) in [5.74, 6) is 1.03. The smallest absolute Gasteiger partial charge is 0.0408 e. The van der Waals surface area contributed by atoms with Crippen LogP contribution < -0.4 is 5.32 Å². The van der Waals surface area contributed by atoms with Crippen LogP contribution in [0.25, 0.3) is 0 Å². The quantitative estimate of drug-likeness (QED) is 0.845. The van der Waals surface area contributed by atoms with Gasteiger partial charge in [-0.3, -0.25) is 0 Å². The molecular formula is C14H18ClN. The van der Waals surface area contributed by atoms with Crippen molar-refractivity contribution < 1.29 is 0 Å². The fourth-order valence-corrected chi connectivity index (χ4v) is 2.82. The predicted octanol–water partition coefficient (Wildman–Crippen LogP) is 3.20. The van der Waals surface area contributed by atoms with E-state index < -0.39 is 0 Å². The van der Waals surface area contributed by atoms with Crippen LogP contribution in [0.2, 0.25) is 5.02 Å². The van der Waals surface area contributed by atoms with E-state index in [0.29, 0.717) is 6.04 Å². The maximum Gasteiger partial charge on any atom is 0.0408 e. The normalized spacial score (nSPS) is 23.4. The van der Waals surface area contributed by atoms with Crippen molar-refractivity contribution in [3.05, 3.63) is 34.3 Å². The van der Waals surface area contributed by atoms with E-state index in [2.05, 4.69) is 17.4 Å². The SMILES string of the molecule is Clc1ccc2c(c1)CC(NCCC1CC1)C2. The van der Waals surface area contributed by atoms with Crippen LogP contribution in [0.1, 0.15) is 30.4 Å². The molecule has 3 rings (SSSR count). The third-order valence-electron chi connectivity index (χ3n) is 3.78. The molecule has 2 heteroatoms. The van der Waals surface area contributed by atoms with E-state index in [9.17, 15) is 0 Å². The molecule has 1 atom stereocenters. The molecule has 2 aliphatic carbocycles. The lowest BCUT2D eigenvalue weighted by molar-refractivity contribution is 0.509. The molecular weight excluding hydrogens is 218 g/mol. The van der Waals surface area contributed by atoms with Gasteiger partial charge in [-0.2, -0.15) is 0 Å². The first-order chi connectivity index (χ1) is 7.81. The molecule has 16 heavy (non-hydrogen) atoms. The van der Waals surface area contributed by atoms with Crippen LogP contribution in [0.3, 0.4) is 0 Å². The number of nitrogens with one attached hydrogen (secondary N) is 1. The van der Waals surface area contributed by atoms with Crippen LogP contribution in [-0.4, -0.2) is 12.6 Å². The van der Waals surface area contributed by atoms with Crippen molar-refractivity contribution in [3.63, 3.8) is 0 Å². The predicted molar refractivity (Wildman–Crippen MR) is 68.0 cm³/mol. The van der Waals surface area contributed by atoms with Gasteiger partial charge in [0.25, 0.3) is 0 Å². The van der Waals surface area contributed by atoms with Gasteiger partial charge in [0.15, 0.2) is 0 Å². The highest BCUT2D eigenvalue weighted by atomic mass is 35.5. The number of rotatable bonds is 4. The first-order valence-electron chi connectivity index (χ1n) is 6.32. The highest BCUT2D eigenvalue weighted by Crippen LogP contribution is 2.32. The average molecular weight is 236 g/mol. The van der Waals surface area contributed by atoms with Gasteiger partial charge in [0.1, 0.15) is 0 Å². The molecule has 1 fully saturated rings. The number of benzene rings is 1. The minimum absolute atomic E-state index is 0.646. The summed E-state index contributed by atoms with van der Waals surface area (Å²) >= 11 is 6.00. The lowest BCUT2D eigenvalue weighted by Crippen LogP contribution is -2.30. The maximum atomic E-state index is 6.00. The van der Waals surface area contributed by atoms with Crippen molar-refractivity contribution >= 4 is 11.6 Å². The van der Waals surface area contributed by atoms with Crippen LogP contribution in [0.4, 0.5) is 0 Å². The molecule has 0 radical (unpaired) electrons. The zero-order valence-electron chi connectivity index (χ0n) is 9.51. The average Bonchev–Trinajstić information content (AvgIpc) is 2.98. The summed E-state index contributed by atoms with van der Waals surface area (Å²) in [7, 11) is 0. The van der Waals surface area contributed by atoms with Gasteiger partial charge in [-0.15, -0.1) is 0 Å². The van der Waals surface area contributed by atoms with E-state index >= 15 is 0 Å². The molecule has 0 amide bonds. The Labute approximate surface area is 102 Å². The van der Waals surface area contributed by atoms with Gasteiger partial charge in [0.2, 0.25) is 0 Å². The molecule has 0 saturated heterocycles. The van der Waals surface area contributed by atoms with Gasteiger partial charge < -0.3 is 5.32 Å². The highest BCUT2D eigenvalue weighted by Gasteiger charge is 2.23.